The Labute approximate surface area is 157 Å². The van der Waals surface area contributed by atoms with Gasteiger partial charge in [-0.2, -0.15) is 0 Å². The first-order valence-corrected chi connectivity index (χ1v) is 9.38. The van der Waals surface area contributed by atoms with Gasteiger partial charge in [-0.15, -0.1) is 0 Å². The van der Waals surface area contributed by atoms with Crippen LogP contribution >= 0.6 is 27.7 Å². The van der Waals surface area contributed by atoms with E-state index in [-0.39, 0.29) is 17.2 Å². The van der Waals surface area contributed by atoms with E-state index >= 15 is 0 Å². The highest BCUT2D eigenvalue weighted by Gasteiger charge is 2.11. The van der Waals surface area contributed by atoms with Gasteiger partial charge in [-0.3, -0.25) is 14.2 Å². The fraction of sp³-hybridized carbons (Fsp3) is 0.167. The standard InChI is InChI=1S/C18H16BrN3O2S/c1-11-9-12(7-8-14(11)19)20-16(23)10-25-18-21-15-6-4-3-5-13(15)17(24)22(18)2/h3-9H,10H2,1-2H3,(H,20,23). The van der Waals surface area contributed by atoms with Gasteiger partial charge in [0.15, 0.2) is 5.16 Å². The maximum Gasteiger partial charge on any atom is 0.261 e. The number of aromatic nitrogens is 2. The molecule has 3 rings (SSSR count). The van der Waals surface area contributed by atoms with E-state index in [1.165, 1.54) is 16.3 Å². The average molecular weight is 418 g/mol. The van der Waals surface area contributed by atoms with Gasteiger partial charge < -0.3 is 5.32 Å². The predicted octanol–water partition coefficient (Wildman–Crippen LogP) is 3.74. The van der Waals surface area contributed by atoms with E-state index < -0.39 is 0 Å². The van der Waals surface area contributed by atoms with E-state index in [1.54, 1.807) is 19.2 Å². The number of para-hydroxylation sites is 1. The average Bonchev–Trinajstić information content (AvgIpc) is 2.60. The van der Waals surface area contributed by atoms with Crippen LogP contribution in [-0.4, -0.2) is 21.2 Å². The van der Waals surface area contributed by atoms with Crippen LogP contribution in [0, 0.1) is 6.92 Å². The molecule has 7 heteroatoms. The van der Waals surface area contributed by atoms with Crippen molar-refractivity contribution in [1.82, 2.24) is 9.55 Å². The van der Waals surface area contributed by atoms with E-state index in [1.807, 2.05) is 37.3 Å². The Morgan fingerprint density at radius 2 is 2.04 bits per heavy atom. The SMILES string of the molecule is Cc1cc(NC(=O)CSc2nc3ccccc3c(=O)n2C)ccc1Br. The number of aryl methyl sites for hydroxylation is 1. The van der Waals surface area contributed by atoms with Gasteiger partial charge in [-0.1, -0.05) is 39.8 Å². The topological polar surface area (TPSA) is 64.0 Å². The predicted molar refractivity (Wildman–Crippen MR) is 105 cm³/mol. The van der Waals surface area contributed by atoms with Crippen molar-refractivity contribution < 1.29 is 4.79 Å². The van der Waals surface area contributed by atoms with Crippen molar-refractivity contribution in [3.05, 3.63) is 62.9 Å². The molecule has 0 aliphatic heterocycles. The van der Waals surface area contributed by atoms with Crippen LogP contribution in [0.5, 0.6) is 0 Å². The van der Waals surface area contributed by atoms with Gasteiger partial charge in [0.05, 0.1) is 16.7 Å². The first-order chi connectivity index (χ1) is 12.0. The molecule has 1 aromatic heterocycles. The second kappa shape index (κ2) is 7.41. The van der Waals surface area contributed by atoms with Crippen molar-refractivity contribution in [3.8, 4) is 0 Å². The van der Waals surface area contributed by atoms with Crippen molar-refractivity contribution in [2.75, 3.05) is 11.1 Å². The lowest BCUT2D eigenvalue weighted by atomic mass is 10.2. The molecule has 0 saturated heterocycles. The highest BCUT2D eigenvalue weighted by atomic mass is 79.9. The number of hydrogen-bond acceptors (Lipinski definition) is 4. The lowest BCUT2D eigenvalue weighted by Gasteiger charge is -2.09. The summed E-state index contributed by atoms with van der Waals surface area (Å²) in [4.78, 5) is 29.0. The molecule has 0 radical (unpaired) electrons. The molecule has 0 fully saturated rings. The molecule has 1 heterocycles. The van der Waals surface area contributed by atoms with Crippen LogP contribution in [0.15, 0.2) is 56.9 Å². The first kappa shape index (κ1) is 17.7. The van der Waals surface area contributed by atoms with Crippen LogP contribution in [0.1, 0.15) is 5.56 Å². The molecule has 0 aliphatic rings. The van der Waals surface area contributed by atoms with Gasteiger partial charge >= 0.3 is 0 Å². The van der Waals surface area contributed by atoms with Gasteiger partial charge in [-0.05, 0) is 42.8 Å². The van der Waals surface area contributed by atoms with Crippen LogP contribution in [0.3, 0.4) is 0 Å². The van der Waals surface area contributed by atoms with E-state index in [0.29, 0.717) is 16.1 Å². The summed E-state index contributed by atoms with van der Waals surface area (Å²) in [6.45, 7) is 1.96. The lowest BCUT2D eigenvalue weighted by molar-refractivity contribution is -0.113. The number of amides is 1. The minimum atomic E-state index is -0.144. The summed E-state index contributed by atoms with van der Waals surface area (Å²) in [5.74, 6) is 0.0300. The monoisotopic (exact) mass is 417 g/mol. The molecule has 0 bridgehead atoms. The number of carbonyl (C=O) groups is 1. The van der Waals surface area contributed by atoms with Gasteiger partial charge in [0.1, 0.15) is 0 Å². The molecule has 0 aliphatic carbocycles. The molecule has 25 heavy (non-hydrogen) atoms. The summed E-state index contributed by atoms with van der Waals surface area (Å²) in [6.07, 6.45) is 0. The maximum absolute atomic E-state index is 12.4. The van der Waals surface area contributed by atoms with Crippen molar-refractivity contribution >= 4 is 50.2 Å². The number of benzene rings is 2. The second-order valence-corrected chi connectivity index (χ2v) is 7.37. The zero-order valence-corrected chi connectivity index (χ0v) is 16.1. The van der Waals surface area contributed by atoms with E-state index in [9.17, 15) is 9.59 Å². The summed E-state index contributed by atoms with van der Waals surface area (Å²) in [5.41, 5.74) is 2.31. The molecule has 3 aromatic rings. The molecule has 128 valence electrons. The quantitative estimate of drug-likeness (QED) is 0.518. The van der Waals surface area contributed by atoms with Gasteiger partial charge in [-0.25, -0.2) is 4.98 Å². The number of nitrogens with zero attached hydrogens (tertiary/aromatic N) is 2. The zero-order valence-electron chi connectivity index (χ0n) is 13.7. The maximum atomic E-state index is 12.4. The molecule has 1 amide bonds. The van der Waals surface area contributed by atoms with Crippen LogP contribution in [-0.2, 0) is 11.8 Å². The zero-order chi connectivity index (χ0) is 18.0. The van der Waals surface area contributed by atoms with Crippen LogP contribution < -0.4 is 10.9 Å². The summed E-state index contributed by atoms with van der Waals surface area (Å²) in [6, 6.07) is 12.8. The molecule has 0 saturated carbocycles. The number of rotatable bonds is 4. The third-order valence-corrected chi connectivity index (χ3v) is 5.64. The van der Waals surface area contributed by atoms with Gasteiger partial charge in [0, 0.05) is 17.2 Å². The highest BCUT2D eigenvalue weighted by Crippen LogP contribution is 2.21. The van der Waals surface area contributed by atoms with Crippen molar-refractivity contribution in [2.45, 2.75) is 12.1 Å². The Morgan fingerprint density at radius 3 is 2.80 bits per heavy atom. The fourth-order valence-corrected chi connectivity index (χ4v) is 3.39. The van der Waals surface area contributed by atoms with E-state index in [4.69, 9.17) is 0 Å². The van der Waals surface area contributed by atoms with Crippen molar-refractivity contribution in [1.29, 1.82) is 0 Å². The highest BCUT2D eigenvalue weighted by molar-refractivity contribution is 9.10. The molecule has 1 N–H and O–H groups in total. The Bertz CT molecular complexity index is 1020. The molecule has 0 unspecified atom stereocenters. The number of fused-ring (bicyclic) bond motifs is 1. The number of carbonyl (C=O) groups excluding carboxylic acids is 1. The lowest BCUT2D eigenvalue weighted by Crippen LogP contribution is -2.21. The summed E-state index contributed by atoms with van der Waals surface area (Å²) < 4.78 is 2.47. The molecule has 5 nitrogen and oxygen atoms in total. The largest absolute Gasteiger partial charge is 0.325 e. The first-order valence-electron chi connectivity index (χ1n) is 7.60. The molecular weight excluding hydrogens is 402 g/mol. The summed E-state index contributed by atoms with van der Waals surface area (Å²) in [7, 11) is 1.67. The smallest absolute Gasteiger partial charge is 0.261 e. The Kier molecular flexibility index (Phi) is 5.24. The second-order valence-electron chi connectivity index (χ2n) is 5.58. The van der Waals surface area contributed by atoms with Crippen LogP contribution in [0.2, 0.25) is 0 Å². The van der Waals surface area contributed by atoms with Gasteiger partial charge in [0.2, 0.25) is 5.91 Å². The third-order valence-electron chi connectivity index (χ3n) is 3.72. The summed E-state index contributed by atoms with van der Waals surface area (Å²) in [5, 5.41) is 3.95. The van der Waals surface area contributed by atoms with Crippen LogP contribution in [0.4, 0.5) is 5.69 Å². The molecule has 0 atom stereocenters. The van der Waals surface area contributed by atoms with E-state index in [0.717, 1.165) is 15.7 Å². The number of thioether (sulfide) groups is 1. The molecule has 2 aromatic carbocycles. The van der Waals surface area contributed by atoms with Gasteiger partial charge in [0.25, 0.3) is 5.56 Å². The number of anilines is 1. The minimum absolute atomic E-state index is 0.114. The summed E-state index contributed by atoms with van der Waals surface area (Å²) >= 11 is 4.68. The van der Waals surface area contributed by atoms with Crippen LogP contribution in [0.25, 0.3) is 10.9 Å². The Morgan fingerprint density at radius 1 is 1.28 bits per heavy atom. The van der Waals surface area contributed by atoms with Crippen molar-refractivity contribution in [3.63, 3.8) is 0 Å². The number of nitrogens with one attached hydrogen (secondary N) is 1. The third kappa shape index (κ3) is 3.93. The molecular formula is C18H16BrN3O2S. The minimum Gasteiger partial charge on any atom is -0.325 e. The Hall–Kier alpha value is -2.12. The number of halogens is 1. The normalized spacial score (nSPS) is 10.8. The number of hydrogen-bond donors (Lipinski definition) is 1. The van der Waals surface area contributed by atoms with E-state index in [2.05, 4.69) is 26.2 Å². The molecule has 0 spiro atoms. The Balaban J connectivity index is 1.73. The fourth-order valence-electron chi connectivity index (χ4n) is 2.38. The van der Waals surface area contributed by atoms with Crippen molar-refractivity contribution in [2.24, 2.45) is 7.05 Å².